The first-order valence-corrected chi connectivity index (χ1v) is 10.7. The van der Waals surface area contributed by atoms with Crippen LogP contribution in [0.3, 0.4) is 0 Å². The van der Waals surface area contributed by atoms with Crippen molar-refractivity contribution < 1.29 is 4.79 Å². The van der Waals surface area contributed by atoms with Gasteiger partial charge in [-0.2, -0.15) is 0 Å². The standard InChI is InChI=1S/C23H25ClN4O2/c1-27-13-19(17-7-9-18(24)10-8-17)21-22(27)23(30)28(15-26-21)14-20(29)25-12-11-16-5-3-2-4-6-16/h5,7-10,13,15H,2-4,6,11-12,14H2,1H3,(H,25,29). The van der Waals surface area contributed by atoms with Gasteiger partial charge in [0, 0.05) is 30.4 Å². The number of fused-ring (bicyclic) bond motifs is 1. The topological polar surface area (TPSA) is 68.9 Å². The van der Waals surface area contributed by atoms with Crippen LogP contribution in [0.2, 0.25) is 5.02 Å². The van der Waals surface area contributed by atoms with E-state index >= 15 is 0 Å². The van der Waals surface area contributed by atoms with Crippen LogP contribution < -0.4 is 10.9 Å². The molecule has 4 rings (SSSR count). The Morgan fingerprint density at radius 2 is 2.03 bits per heavy atom. The Bertz CT molecular complexity index is 1160. The van der Waals surface area contributed by atoms with Gasteiger partial charge in [-0.05, 0) is 49.8 Å². The van der Waals surface area contributed by atoms with Gasteiger partial charge in [0.1, 0.15) is 17.6 Å². The van der Waals surface area contributed by atoms with Crippen molar-refractivity contribution in [2.24, 2.45) is 7.05 Å². The molecular weight excluding hydrogens is 400 g/mol. The molecule has 0 bridgehead atoms. The second-order valence-electron chi connectivity index (χ2n) is 7.74. The van der Waals surface area contributed by atoms with Gasteiger partial charge in [0.15, 0.2) is 0 Å². The molecule has 0 radical (unpaired) electrons. The number of hydrogen-bond donors (Lipinski definition) is 1. The molecule has 0 atom stereocenters. The molecule has 0 saturated carbocycles. The molecule has 156 valence electrons. The first kappa shape index (κ1) is 20.4. The summed E-state index contributed by atoms with van der Waals surface area (Å²) in [6.45, 7) is 0.558. The average molecular weight is 425 g/mol. The van der Waals surface area contributed by atoms with Crippen LogP contribution in [0.1, 0.15) is 32.1 Å². The Kier molecular flexibility index (Phi) is 6.04. The number of allylic oxidation sites excluding steroid dienone is 1. The number of rotatable bonds is 6. The molecule has 30 heavy (non-hydrogen) atoms. The SMILES string of the molecule is Cn1cc(-c2ccc(Cl)cc2)c2ncn(CC(=O)NCCC3=CCCCC3)c(=O)c21. The number of benzene rings is 1. The van der Waals surface area contributed by atoms with Crippen LogP contribution in [-0.2, 0) is 18.4 Å². The molecule has 1 aromatic carbocycles. The molecule has 0 fully saturated rings. The van der Waals surface area contributed by atoms with E-state index in [0.717, 1.165) is 30.4 Å². The third-order valence-corrected chi connectivity index (χ3v) is 5.82. The second-order valence-corrected chi connectivity index (χ2v) is 8.18. The molecule has 0 aliphatic heterocycles. The van der Waals surface area contributed by atoms with Crippen LogP contribution in [0, 0.1) is 0 Å². The molecule has 2 heterocycles. The van der Waals surface area contributed by atoms with Gasteiger partial charge in [-0.15, -0.1) is 0 Å². The van der Waals surface area contributed by atoms with Gasteiger partial charge in [-0.3, -0.25) is 14.2 Å². The maximum Gasteiger partial charge on any atom is 0.278 e. The minimum Gasteiger partial charge on any atom is -0.354 e. The van der Waals surface area contributed by atoms with Gasteiger partial charge in [0.05, 0.1) is 6.33 Å². The van der Waals surface area contributed by atoms with Crippen LogP contribution >= 0.6 is 11.6 Å². The predicted molar refractivity (Wildman–Crippen MR) is 120 cm³/mol. The lowest BCUT2D eigenvalue weighted by molar-refractivity contribution is -0.121. The Morgan fingerprint density at radius 3 is 2.77 bits per heavy atom. The summed E-state index contributed by atoms with van der Waals surface area (Å²) in [5, 5.41) is 3.57. The van der Waals surface area contributed by atoms with E-state index in [1.54, 1.807) is 4.57 Å². The highest BCUT2D eigenvalue weighted by Gasteiger charge is 2.16. The zero-order valence-corrected chi connectivity index (χ0v) is 17.8. The number of nitrogens with zero attached hydrogens (tertiary/aromatic N) is 3. The fourth-order valence-corrected chi connectivity index (χ4v) is 4.10. The van der Waals surface area contributed by atoms with Crippen molar-refractivity contribution in [3.63, 3.8) is 0 Å². The number of hydrogen-bond acceptors (Lipinski definition) is 3. The molecule has 7 heteroatoms. The summed E-state index contributed by atoms with van der Waals surface area (Å²) in [5.74, 6) is -0.179. The average Bonchev–Trinajstić information content (AvgIpc) is 3.08. The van der Waals surface area contributed by atoms with Crippen LogP contribution in [0.25, 0.3) is 22.2 Å². The maximum absolute atomic E-state index is 13.0. The molecule has 6 nitrogen and oxygen atoms in total. The molecule has 0 unspecified atom stereocenters. The number of aromatic nitrogens is 3. The van der Waals surface area contributed by atoms with E-state index in [-0.39, 0.29) is 18.0 Å². The molecule has 0 saturated heterocycles. The summed E-state index contributed by atoms with van der Waals surface area (Å²) < 4.78 is 3.13. The third-order valence-electron chi connectivity index (χ3n) is 5.57. The summed E-state index contributed by atoms with van der Waals surface area (Å²) >= 11 is 5.98. The van der Waals surface area contributed by atoms with E-state index in [1.165, 1.54) is 29.3 Å². The van der Waals surface area contributed by atoms with E-state index < -0.39 is 0 Å². The van der Waals surface area contributed by atoms with Crippen molar-refractivity contribution in [2.45, 2.75) is 38.6 Å². The van der Waals surface area contributed by atoms with Crippen molar-refractivity contribution >= 4 is 28.5 Å². The Hall–Kier alpha value is -2.86. The molecule has 1 aliphatic carbocycles. The molecule has 1 aliphatic rings. The van der Waals surface area contributed by atoms with Crippen molar-refractivity contribution in [3.05, 3.63) is 63.8 Å². The van der Waals surface area contributed by atoms with E-state index in [2.05, 4.69) is 16.4 Å². The minimum atomic E-state index is -0.229. The van der Waals surface area contributed by atoms with E-state index in [1.807, 2.05) is 37.5 Å². The highest BCUT2D eigenvalue weighted by Crippen LogP contribution is 2.28. The van der Waals surface area contributed by atoms with E-state index in [9.17, 15) is 9.59 Å². The molecule has 2 aromatic heterocycles. The lowest BCUT2D eigenvalue weighted by Gasteiger charge is -2.13. The lowest BCUT2D eigenvalue weighted by Crippen LogP contribution is -2.33. The largest absolute Gasteiger partial charge is 0.354 e. The molecule has 0 spiro atoms. The van der Waals surface area contributed by atoms with Crippen molar-refractivity contribution in [1.29, 1.82) is 0 Å². The maximum atomic E-state index is 13.0. The van der Waals surface area contributed by atoms with E-state index in [0.29, 0.717) is 22.6 Å². The minimum absolute atomic E-state index is 0.0394. The smallest absolute Gasteiger partial charge is 0.278 e. The Balaban J connectivity index is 1.50. The van der Waals surface area contributed by atoms with Crippen LogP contribution in [0.4, 0.5) is 0 Å². The number of halogens is 1. The Morgan fingerprint density at radius 1 is 1.23 bits per heavy atom. The third kappa shape index (κ3) is 4.33. The second kappa shape index (κ2) is 8.88. The summed E-state index contributed by atoms with van der Waals surface area (Å²) in [4.78, 5) is 29.8. The number of carbonyl (C=O) groups excluding carboxylic acids is 1. The molecule has 3 aromatic rings. The van der Waals surface area contributed by atoms with Gasteiger partial charge < -0.3 is 9.88 Å². The van der Waals surface area contributed by atoms with Crippen molar-refractivity contribution in [2.75, 3.05) is 6.54 Å². The van der Waals surface area contributed by atoms with Gasteiger partial charge in [-0.25, -0.2) is 4.98 Å². The highest BCUT2D eigenvalue weighted by atomic mass is 35.5. The van der Waals surface area contributed by atoms with Gasteiger partial charge in [0.25, 0.3) is 5.56 Å². The zero-order valence-electron chi connectivity index (χ0n) is 17.0. The van der Waals surface area contributed by atoms with Crippen LogP contribution in [-0.4, -0.2) is 26.6 Å². The fourth-order valence-electron chi connectivity index (χ4n) is 3.97. The molecule has 1 N–H and O–H groups in total. The Labute approximate surface area is 180 Å². The summed E-state index contributed by atoms with van der Waals surface area (Å²) in [7, 11) is 1.81. The van der Waals surface area contributed by atoms with Crippen molar-refractivity contribution in [1.82, 2.24) is 19.4 Å². The quantitative estimate of drug-likeness (QED) is 0.606. The first-order valence-electron chi connectivity index (χ1n) is 10.3. The lowest BCUT2D eigenvalue weighted by atomic mass is 9.97. The number of aryl methyl sites for hydroxylation is 1. The summed E-state index contributed by atoms with van der Waals surface area (Å²) in [6, 6.07) is 7.42. The van der Waals surface area contributed by atoms with E-state index in [4.69, 9.17) is 11.6 Å². The van der Waals surface area contributed by atoms with Gasteiger partial charge >= 0.3 is 0 Å². The number of nitrogens with one attached hydrogen (secondary N) is 1. The van der Waals surface area contributed by atoms with Crippen molar-refractivity contribution in [3.8, 4) is 11.1 Å². The first-order chi connectivity index (χ1) is 14.5. The van der Waals surface area contributed by atoms with Crippen LogP contribution in [0.15, 0.2) is 53.2 Å². The van der Waals surface area contributed by atoms with Gasteiger partial charge in [0.2, 0.25) is 5.91 Å². The monoisotopic (exact) mass is 424 g/mol. The van der Waals surface area contributed by atoms with Crippen LogP contribution in [0.5, 0.6) is 0 Å². The predicted octanol–water partition coefficient (Wildman–Crippen LogP) is 4.06. The summed E-state index contributed by atoms with van der Waals surface area (Å²) in [5.41, 5.74) is 4.07. The summed E-state index contributed by atoms with van der Waals surface area (Å²) in [6.07, 6.45) is 11.2. The fraction of sp³-hybridized carbons (Fsp3) is 0.348. The highest BCUT2D eigenvalue weighted by molar-refractivity contribution is 6.30. The number of carbonyl (C=O) groups is 1. The molecular formula is C23H25ClN4O2. The zero-order chi connectivity index (χ0) is 21.1. The number of amides is 1. The molecule has 1 amide bonds. The van der Waals surface area contributed by atoms with Gasteiger partial charge in [-0.1, -0.05) is 35.4 Å². The normalized spacial score (nSPS) is 14.0.